The number of para-hydroxylation sites is 1. The lowest BCUT2D eigenvalue weighted by molar-refractivity contribution is 1.17. The van der Waals surface area contributed by atoms with Crippen molar-refractivity contribution in [2.75, 3.05) is 0 Å². The lowest BCUT2D eigenvalue weighted by atomic mass is 9.45. The van der Waals surface area contributed by atoms with Gasteiger partial charge < -0.3 is 9.05 Å². The predicted molar refractivity (Wildman–Crippen MR) is 271 cm³/mol. The Morgan fingerprint density at radius 1 is 0.484 bits per heavy atom. The second-order valence-corrected chi connectivity index (χ2v) is 18.8. The van der Waals surface area contributed by atoms with Crippen molar-refractivity contribution in [2.45, 2.75) is 48.5 Å². The van der Waals surface area contributed by atoms with Gasteiger partial charge in [-0.3, -0.25) is 0 Å². The first kappa shape index (κ1) is 37.0. The van der Waals surface area contributed by atoms with E-state index in [1.54, 1.807) is 0 Å². The van der Waals surface area contributed by atoms with E-state index in [1.165, 1.54) is 149 Å². The molecule has 0 saturated carbocycles. The van der Waals surface area contributed by atoms with Gasteiger partial charge in [0.05, 0.1) is 22.7 Å². The molecule has 64 heavy (non-hydrogen) atoms. The Morgan fingerprint density at radius 3 is 1.84 bits per heavy atom. The van der Waals surface area contributed by atoms with Crippen LogP contribution in [0.25, 0.3) is 105 Å². The fraction of sp³-hybridized carbons (Fsp3) is 0.117. The third-order valence-corrected chi connectivity index (χ3v) is 14.8. The average molecular weight is 818 g/mol. The molecule has 2 aromatic heterocycles. The van der Waals surface area contributed by atoms with Crippen molar-refractivity contribution in [1.82, 2.24) is 9.05 Å². The minimum atomic E-state index is -0.0962. The maximum absolute atomic E-state index is 9.80. The third-order valence-electron chi connectivity index (χ3n) is 14.8. The molecule has 2 aliphatic rings. The van der Waals surface area contributed by atoms with Crippen LogP contribution in [0.1, 0.15) is 44.5 Å². The van der Waals surface area contributed by atoms with E-state index in [0.29, 0.717) is 5.56 Å². The van der Waals surface area contributed by atoms with Crippen LogP contribution >= 0.6 is 0 Å². The Bertz CT molecular complexity index is 3930. The number of benzene rings is 9. The van der Waals surface area contributed by atoms with Crippen LogP contribution in [-0.4, -0.2) is 15.9 Å². The SMILES string of the molecule is Cc1cc(C)c(-c2ccc3c(c2)c2cc(-c4c(C)cc(C)cc4C)cc4c2n3-c2cc(-c3ccc(C#N)cc3)c(C)c3c2B4n2c4ccc5ccccc5c4c4cccc-3c42)c(C)c1. The molecule has 11 aromatic rings. The van der Waals surface area contributed by atoms with Crippen molar-refractivity contribution in [1.29, 1.82) is 5.26 Å². The Labute approximate surface area is 373 Å². The normalized spacial score (nSPS) is 12.6. The molecule has 0 radical (unpaired) electrons. The van der Waals surface area contributed by atoms with Gasteiger partial charge in [-0.05, 0) is 179 Å². The summed E-state index contributed by atoms with van der Waals surface area (Å²) in [6.07, 6.45) is 0. The zero-order chi connectivity index (χ0) is 43.4. The number of aromatic nitrogens is 2. The van der Waals surface area contributed by atoms with Crippen LogP contribution in [0, 0.1) is 59.8 Å². The predicted octanol–water partition coefficient (Wildman–Crippen LogP) is 14.0. The fourth-order valence-corrected chi connectivity index (χ4v) is 12.6. The van der Waals surface area contributed by atoms with Crippen LogP contribution in [-0.2, 0) is 0 Å². The van der Waals surface area contributed by atoms with Crippen LogP contribution in [0.2, 0.25) is 0 Å². The largest absolute Gasteiger partial charge is 0.375 e. The molecular weight excluding hydrogens is 773 g/mol. The maximum Gasteiger partial charge on any atom is 0.333 e. The standard InChI is InChI=1S/C60H44BN3/c1-32-23-34(3)54(35(4)24-32)42-20-21-51-48(27-42)49-28-43(55-36(5)25-33(2)26-37(55)6)29-50-60(49)63(51)53-30-47(41-17-15-39(31-62)16-18-41)38(7)56-45-13-10-14-46-57-44-12-9-8-11-40(44)19-22-52(57)64(59(45)46)61(50)58(53)56/h8-30H,1-7H3. The van der Waals surface area contributed by atoms with E-state index in [2.05, 4.69) is 191 Å². The minimum absolute atomic E-state index is 0.0962. The van der Waals surface area contributed by atoms with Gasteiger partial charge in [0, 0.05) is 43.8 Å². The molecule has 2 aliphatic heterocycles. The fourth-order valence-electron chi connectivity index (χ4n) is 12.6. The Balaban J connectivity index is 1.25. The summed E-state index contributed by atoms with van der Waals surface area (Å²) in [5, 5.41) is 17.5. The lowest BCUT2D eigenvalue weighted by Crippen LogP contribution is -2.55. The van der Waals surface area contributed by atoms with E-state index in [0.717, 1.165) is 5.56 Å². The van der Waals surface area contributed by atoms with Crippen molar-refractivity contribution >= 4 is 72.2 Å². The highest BCUT2D eigenvalue weighted by Crippen LogP contribution is 2.48. The topological polar surface area (TPSA) is 33.6 Å². The van der Waals surface area contributed by atoms with Crippen LogP contribution in [0.3, 0.4) is 0 Å². The van der Waals surface area contributed by atoms with Gasteiger partial charge in [-0.15, -0.1) is 0 Å². The molecule has 0 amide bonds. The molecule has 302 valence electrons. The molecule has 0 saturated heterocycles. The number of hydrogen-bond donors (Lipinski definition) is 0. The number of nitriles is 1. The summed E-state index contributed by atoms with van der Waals surface area (Å²) >= 11 is 0. The molecule has 0 bridgehead atoms. The zero-order valence-electron chi connectivity index (χ0n) is 37.2. The molecule has 0 N–H and O–H groups in total. The van der Waals surface area contributed by atoms with E-state index in [-0.39, 0.29) is 6.85 Å². The highest BCUT2D eigenvalue weighted by Gasteiger charge is 2.43. The Morgan fingerprint density at radius 2 is 1.12 bits per heavy atom. The van der Waals surface area contributed by atoms with Crippen LogP contribution in [0.5, 0.6) is 0 Å². The van der Waals surface area contributed by atoms with Gasteiger partial charge >= 0.3 is 6.85 Å². The first-order valence-electron chi connectivity index (χ1n) is 22.5. The Kier molecular flexibility index (Phi) is 7.50. The van der Waals surface area contributed by atoms with Crippen LogP contribution in [0.15, 0.2) is 140 Å². The minimum Gasteiger partial charge on any atom is -0.375 e. The summed E-state index contributed by atoms with van der Waals surface area (Å²) in [4.78, 5) is 0. The molecule has 4 heteroatoms. The molecule has 0 atom stereocenters. The van der Waals surface area contributed by atoms with Crippen LogP contribution in [0.4, 0.5) is 0 Å². The first-order chi connectivity index (χ1) is 31.1. The monoisotopic (exact) mass is 817 g/mol. The van der Waals surface area contributed by atoms with Gasteiger partial charge in [-0.25, -0.2) is 0 Å². The van der Waals surface area contributed by atoms with Gasteiger partial charge in [0.15, 0.2) is 0 Å². The second-order valence-electron chi connectivity index (χ2n) is 18.8. The van der Waals surface area contributed by atoms with Crippen LogP contribution < -0.4 is 10.9 Å². The second kappa shape index (κ2) is 13.0. The summed E-state index contributed by atoms with van der Waals surface area (Å²) in [5.41, 5.74) is 28.6. The number of hydrogen-bond acceptors (Lipinski definition) is 1. The summed E-state index contributed by atoms with van der Waals surface area (Å²) in [6.45, 7) is 15.7. The number of nitrogens with zero attached hydrogens (tertiary/aromatic N) is 3. The smallest absolute Gasteiger partial charge is 0.333 e. The molecule has 0 unspecified atom stereocenters. The molecule has 0 aliphatic carbocycles. The summed E-state index contributed by atoms with van der Waals surface area (Å²) in [7, 11) is 0. The van der Waals surface area contributed by atoms with Crippen molar-refractivity contribution in [3.63, 3.8) is 0 Å². The lowest BCUT2D eigenvalue weighted by Gasteiger charge is -2.36. The third kappa shape index (κ3) is 4.82. The summed E-state index contributed by atoms with van der Waals surface area (Å²) in [6, 6.07) is 55.1. The molecule has 0 spiro atoms. The van der Waals surface area contributed by atoms with E-state index < -0.39 is 0 Å². The van der Waals surface area contributed by atoms with Gasteiger partial charge in [0.25, 0.3) is 0 Å². The van der Waals surface area contributed by atoms with Gasteiger partial charge in [0.2, 0.25) is 0 Å². The van der Waals surface area contributed by atoms with Crippen molar-refractivity contribution < 1.29 is 0 Å². The molecule has 4 heterocycles. The Hall–Kier alpha value is -7.61. The molecule has 13 rings (SSSR count). The quantitative estimate of drug-likeness (QED) is 0.164. The summed E-state index contributed by atoms with van der Waals surface area (Å²) < 4.78 is 5.31. The maximum atomic E-state index is 9.80. The number of fused-ring (bicyclic) bond motifs is 12. The number of rotatable bonds is 3. The van der Waals surface area contributed by atoms with Gasteiger partial charge in [0.1, 0.15) is 0 Å². The van der Waals surface area contributed by atoms with Crippen molar-refractivity contribution in [3.05, 3.63) is 184 Å². The highest BCUT2D eigenvalue weighted by atomic mass is 15.0. The highest BCUT2D eigenvalue weighted by molar-refractivity contribution is 6.90. The molecule has 0 fully saturated rings. The zero-order valence-corrected chi connectivity index (χ0v) is 37.2. The average Bonchev–Trinajstić information content (AvgIpc) is 3.80. The van der Waals surface area contributed by atoms with E-state index >= 15 is 0 Å². The van der Waals surface area contributed by atoms with E-state index in [4.69, 9.17) is 0 Å². The summed E-state index contributed by atoms with van der Waals surface area (Å²) in [5.74, 6) is 0. The number of aryl methyl sites for hydroxylation is 6. The molecular formula is C60H44BN3. The van der Waals surface area contributed by atoms with E-state index in [1.807, 2.05) is 12.1 Å². The van der Waals surface area contributed by atoms with E-state index in [9.17, 15) is 5.26 Å². The van der Waals surface area contributed by atoms with Crippen molar-refractivity contribution in [3.8, 4) is 56.3 Å². The first-order valence-corrected chi connectivity index (χ1v) is 22.5. The van der Waals surface area contributed by atoms with Gasteiger partial charge in [-0.1, -0.05) is 108 Å². The van der Waals surface area contributed by atoms with Gasteiger partial charge in [-0.2, -0.15) is 5.26 Å². The van der Waals surface area contributed by atoms with Crippen molar-refractivity contribution in [2.24, 2.45) is 0 Å². The molecule has 9 aromatic carbocycles. The molecule has 3 nitrogen and oxygen atoms in total.